The van der Waals surface area contributed by atoms with E-state index >= 15 is 0 Å². The SMILES string of the molecule is Cc1nc(CC(C)(F)F)oc1CO. The summed E-state index contributed by atoms with van der Waals surface area (Å²) in [5.41, 5.74) is 0.460. The highest BCUT2D eigenvalue weighted by molar-refractivity contribution is 5.07. The molecule has 0 aromatic carbocycles. The highest BCUT2D eigenvalue weighted by atomic mass is 19.3. The quantitative estimate of drug-likeness (QED) is 0.790. The van der Waals surface area contributed by atoms with E-state index in [-0.39, 0.29) is 18.3 Å². The first-order valence-electron chi connectivity index (χ1n) is 3.86. The molecule has 0 bridgehead atoms. The molecule has 1 aromatic rings. The van der Waals surface area contributed by atoms with Gasteiger partial charge in [-0.05, 0) is 13.8 Å². The lowest BCUT2D eigenvalue weighted by molar-refractivity contribution is 0.0157. The molecule has 0 unspecified atom stereocenters. The van der Waals surface area contributed by atoms with Crippen LogP contribution in [-0.2, 0) is 13.0 Å². The second-order valence-electron chi connectivity index (χ2n) is 3.02. The van der Waals surface area contributed by atoms with Crippen molar-refractivity contribution in [1.29, 1.82) is 0 Å². The minimum atomic E-state index is -2.83. The van der Waals surface area contributed by atoms with Crippen molar-refractivity contribution in [2.45, 2.75) is 32.8 Å². The number of hydrogen-bond donors (Lipinski definition) is 1. The maximum atomic E-state index is 12.5. The fraction of sp³-hybridized carbons (Fsp3) is 0.625. The number of aliphatic hydroxyl groups excluding tert-OH is 1. The Labute approximate surface area is 74.4 Å². The maximum absolute atomic E-state index is 12.5. The first kappa shape index (κ1) is 10.1. The Hall–Kier alpha value is -0.970. The number of aliphatic hydroxyl groups is 1. The molecule has 5 heteroatoms. The van der Waals surface area contributed by atoms with Crippen LogP contribution in [0.25, 0.3) is 0 Å². The van der Waals surface area contributed by atoms with Crippen LogP contribution in [0.4, 0.5) is 8.78 Å². The topological polar surface area (TPSA) is 46.3 Å². The number of halogens is 2. The Morgan fingerprint density at radius 2 is 2.15 bits per heavy atom. The van der Waals surface area contributed by atoms with E-state index < -0.39 is 12.3 Å². The maximum Gasteiger partial charge on any atom is 0.254 e. The van der Waals surface area contributed by atoms with Gasteiger partial charge in [0.2, 0.25) is 5.89 Å². The molecule has 0 amide bonds. The van der Waals surface area contributed by atoms with Gasteiger partial charge in [0.25, 0.3) is 5.92 Å². The van der Waals surface area contributed by atoms with Gasteiger partial charge in [0.05, 0.1) is 12.1 Å². The van der Waals surface area contributed by atoms with Crippen molar-refractivity contribution in [1.82, 2.24) is 4.98 Å². The predicted octanol–water partition coefficient (Wildman–Crippen LogP) is 1.67. The van der Waals surface area contributed by atoms with Crippen LogP contribution in [0, 0.1) is 6.92 Å². The van der Waals surface area contributed by atoms with Gasteiger partial charge < -0.3 is 9.52 Å². The molecule has 0 spiro atoms. The van der Waals surface area contributed by atoms with Crippen molar-refractivity contribution < 1.29 is 18.3 Å². The number of rotatable bonds is 3. The molecular formula is C8H11F2NO2. The van der Waals surface area contributed by atoms with Crippen LogP contribution in [0.3, 0.4) is 0 Å². The zero-order chi connectivity index (χ0) is 10.1. The third-order valence-corrected chi connectivity index (χ3v) is 1.54. The van der Waals surface area contributed by atoms with Crippen LogP contribution in [0.15, 0.2) is 4.42 Å². The summed E-state index contributed by atoms with van der Waals surface area (Å²) in [6.07, 6.45) is -0.534. The first-order chi connectivity index (χ1) is 5.92. The second-order valence-corrected chi connectivity index (χ2v) is 3.02. The van der Waals surface area contributed by atoms with E-state index in [0.717, 1.165) is 6.92 Å². The average molecular weight is 191 g/mol. The summed E-state index contributed by atoms with van der Waals surface area (Å²) in [4.78, 5) is 3.76. The second kappa shape index (κ2) is 3.41. The van der Waals surface area contributed by atoms with Crippen LogP contribution >= 0.6 is 0 Å². The van der Waals surface area contributed by atoms with E-state index in [9.17, 15) is 8.78 Å². The minimum Gasteiger partial charge on any atom is -0.443 e. The van der Waals surface area contributed by atoms with E-state index in [0.29, 0.717) is 5.69 Å². The molecule has 1 heterocycles. The van der Waals surface area contributed by atoms with E-state index in [1.807, 2.05) is 0 Å². The molecule has 0 aliphatic carbocycles. The van der Waals surface area contributed by atoms with Gasteiger partial charge in [0, 0.05) is 0 Å². The van der Waals surface area contributed by atoms with Crippen molar-refractivity contribution in [3.63, 3.8) is 0 Å². The van der Waals surface area contributed by atoms with Crippen LogP contribution in [0.5, 0.6) is 0 Å². The van der Waals surface area contributed by atoms with Gasteiger partial charge in [-0.25, -0.2) is 13.8 Å². The van der Waals surface area contributed by atoms with Crippen molar-refractivity contribution in [2.24, 2.45) is 0 Å². The third-order valence-electron chi connectivity index (χ3n) is 1.54. The number of aryl methyl sites for hydroxylation is 1. The number of oxazole rings is 1. The largest absolute Gasteiger partial charge is 0.443 e. The fourth-order valence-corrected chi connectivity index (χ4v) is 0.976. The lowest BCUT2D eigenvalue weighted by Crippen LogP contribution is -2.13. The summed E-state index contributed by atoms with van der Waals surface area (Å²) < 4.78 is 29.9. The zero-order valence-electron chi connectivity index (χ0n) is 7.47. The van der Waals surface area contributed by atoms with Gasteiger partial charge >= 0.3 is 0 Å². The van der Waals surface area contributed by atoms with Gasteiger partial charge in [0.15, 0.2) is 5.76 Å². The van der Waals surface area contributed by atoms with Crippen LogP contribution in [-0.4, -0.2) is 16.0 Å². The summed E-state index contributed by atoms with van der Waals surface area (Å²) in [5.74, 6) is -2.61. The number of hydrogen-bond acceptors (Lipinski definition) is 3. The number of aromatic nitrogens is 1. The van der Waals surface area contributed by atoms with Gasteiger partial charge in [0.1, 0.15) is 6.61 Å². The Morgan fingerprint density at radius 1 is 1.54 bits per heavy atom. The monoisotopic (exact) mass is 191 g/mol. The van der Waals surface area contributed by atoms with Crippen LogP contribution in [0.2, 0.25) is 0 Å². The van der Waals surface area contributed by atoms with E-state index in [4.69, 9.17) is 9.52 Å². The predicted molar refractivity (Wildman–Crippen MR) is 41.5 cm³/mol. The summed E-state index contributed by atoms with van der Waals surface area (Å²) in [6.45, 7) is 2.09. The molecule has 0 aliphatic heterocycles. The average Bonchev–Trinajstić information content (AvgIpc) is 2.26. The summed E-state index contributed by atoms with van der Waals surface area (Å²) in [7, 11) is 0. The molecule has 0 atom stereocenters. The molecular weight excluding hydrogens is 180 g/mol. The van der Waals surface area contributed by atoms with Crippen LogP contribution < -0.4 is 0 Å². The van der Waals surface area contributed by atoms with Crippen molar-refractivity contribution in [3.05, 3.63) is 17.3 Å². The zero-order valence-corrected chi connectivity index (χ0v) is 7.47. The standard InChI is InChI=1S/C8H11F2NO2/c1-5-6(4-12)13-7(11-5)3-8(2,9)10/h12H,3-4H2,1-2H3. The van der Waals surface area contributed by atoms with E-state index in [2.05, 4.69) is 4.98 Å². The van der Waals surface area contributed by atoms with Gasteiger partial charge in [-0.1, -0.05) is 0 Å². The minimum absolute atomic E-state index is 0.0333. The Bertz CT molecular complexity index is 291. The Balaban J connectivity index is 2.80. The molecule has 1 rings (SSSR count). The normalized spacial score (nSPS) is 12.1. The van der Waals surface area contributed by atoms with Gasteiger partial charge in [-0.15, -0.1) is 0 Å². The molecule has 13 heavy (non-hydrogen) atoms. The lowest BCUT2D eigenvalue weighted by atomic mass is 10.3. The molecule has 0 radical (unpaired) electrons. The Kier molecular flexibility index (Phi) is 2.66. The number of nitrogens with zero attached hydrogens (tertiary/aromatic N) is 1. The molecule has 0 saturated heterocycles. The lowest BCUT2D eigenvalue weighted by Gasteiger charge is -2.05. The highest BCUT2D eigenvalue weighted by Crippen LogP contribution is 2.20. The fourth-order valence-electron chi connectivity index (χ4n) is 0.976. The van der Waals surface area contributed by atoms with Crippen molar-refractivity contribution in [3.8, 4) is 0 Å². The van der Waals surface area contributed by atoms with E-state index in [1.165, 1.54) is 0 Å². The molecule has 0 fully saturated rings. The van der Waals surface area contributed by atoms with Crippen molar-refractivity contribution in [2.75, 3.05) is 0 Å². The summed E-state index contributed by atoms with van der Waals surface area (Å²) >= 11 is 0. The number of alkyl halides is 2. The molecule has 0 aliphatic rings. The molecule has 74 valence electrons. The first-order valence-corrected chi connectivity index (χ1v) is 3.86. The molecule has 0 saturated carbocycles. The molecule has 3 nitrogen and oxygen atoms in total. The third kappa shape index (κ3) is 2.77. The van der Waals surface area contributed by atoms with Crippen LogP contribution in [0.1, 0.15) is 24.3 Å². The van der Waals surface area contributed by atoms with Gasteiger partial charge in [-0.2, -0.15) is 0 Å². The molecule has 1 N–H and O–H groups in total. The van der Waals surface area contributed by atoms with Crippen molar-refractivity contribution >= 4 is 0 Å². The van der Waals surface area contributed by atoms with E-state index in [1.54, 1.807) is 6.92 Å². The highest BCUT2D eigenvalue weighted by Gasteiger charge is 2.25. The smallest absolute Gasteiger partial charge is 0.254 e. The van der Waals surface area contributed by atoms with Gasteiger partial charge in [-0.3, -0.25) is 0 Å². The Morgan fingerprint density at radius 3 is 2.54 bits per heavy atom. The molecule has 1 aromatic heterocycles. The summed E-state index contributed by atoms with van der Waals surface area (Å²) in [6, 6.07) is 0. The summed E-state index contributed by atoms with van der Waals surface area (Å²) in [5, 5.41) is 8.71.